The number of hydrogen-bond donors (Lipinski definition) is 1. The summed E-state index contributed by atoms with van der Waals surface area (Å²) in [5.74, 6) is 8.08. The maximum atomic E-state index is 13.2. The highest BCUT2D eigenvalue weighted by molar-refractivity contribution is 5.95. The number of aromatic amines is 1. The fraction of sp³-hybridized carbons (Fsp3) is 0.185. The van der Waals surface area contributed by atoms with Gasteiger partial charge in [-0.15, -0.1) is 5.10 Å². The van der Waals surface area contributed by atoms with E-state index in [9.17, 15) is 4.79 Å². The van der Waals surface area contributed by atoms with Crippen LogP contribution in [0.2, 0.25) is 0 Å². The van der Waals surface area contributed by atoms with Crippen molar-refractivity contribution < 1.29 is 9.53 Å². The molecule has 3 heterocycles. The van der Waals surface area contributed by atoms with Gasteiger partial charge < -0.3 is 14.5 Å². The number of benzene rings is 2. The number of methoxy groups -OCH3 is 1. The third-order valence-electron chi connectivity index (χ3n) is 5.81. The normalized spacial score (nSPS) is 13.2. The molecular weight excluding hydrogens is 440 g/mol. The maximum Gasteiger partial charge on any atom is 0.254 e. The number of nitrogens with zero attached hydrogens (tertiary/aromatic N) is 5. The molecule has 0 atom stereocenters. The summed E-state index contributed by atoms with van der Waals surface area (Å²) in [5, 5.41) is 7.38. The number of rotatable bonds is 4. The number of piperazine rings is 1. The van der Waals surface area contributed by atoms with Crippen LogP contribution in [0.15, 0.2) is 72.9 Å². The van der Waals surface area contributed by atoms with Crippen LogP contribution in [0.5, 0.6) is 5.75 Å². The molecule has 2 aromatic heterocycles. The number of aromatic nitrogens is 4. The second-order valence-corrected chi connectivity index (χ2v) is 8.01. The summed E-state index contributed by atoms with van der Waals surface area (Å²) in [6, 6.07) is 20.8. The molecule has 2 aromatic carbocycles. The average Bonchev–Trinajstić information content (AvgIpc) is 3.43. The van der Waals surface area contributed by atoms with Crippen LogP contribution in [0.25, 0.3) is 11.4 Å². The second-order valence-electron chi connectivity index (χ2n) is 8.01. The summed E-state index contributed by atoms with van der Waals surface area (Å²) >= 11 is 0. The van der Waals surface area contributed by atoms with Crippen LogP contribution < -0.4 is 9.64 Å². The Morgan fingerprint density at radius 2 is 1.77 bits per heavy atom. The summed E-state index contributed by atoms with van der Waals surface area (Å²) in [6.45, 7) is 2.46. The minimum Gasteiger partial charge on any atom is -0.495 e. The van der Waals surface area contributed by atoms with Gasteiger partial charge in [0, 0.05) is 43.5 Å². The Morgan fingerprint density at radius 1 is 0.971 bits per heavy atom. The first kappa shape index (κ1) is 22.2. The predicted octanol–water partition coefficient (Wildman–Crippen LogP) is 3.24. The summed E-state index contributed by atoms with van der Waals surface area (Å²) in [4.78, 5) is 26.0. The zero-order chi connectivity index (χ0) is 24.0. The van der Waals surface area contributed by atoms with E-state index in [-0.39, 0.29) is 5.91 Å². The van der Waals surface area contributed by atoms with Crippen LogP contribution in [0.1, 0.15) is 21.6 Å². The van der Waals surface area contributed by atoms with Gasteiger partial charge in [0.25, 0.3) is 5.91 Å². The smallest absolute Gasteiger partial charge is 0.254 e. The first-order valence-corrected chi connectivity index (χ1v) is 11.3. The van der Waals surface area contributed by atoms with Crippen LogP contribution in [0.4, 0.5) is 5.95 Å². The van der Waals surface area contributed by atoms with Crippen molar-refractivity contribution in [2.45, 2.75) is 0 Å². The topological polar surface area (TPSA) is 87.2 Å². The van der Waals surface area contributed by atoms with Gasteiger partial charge in [-0.2, -0.15) is 4.98 Å². The van der Waals surface area contributed by atoms with Gasteiger partial charge in [0.1, 0.15) is 11.4 Å². The van der Waals surface area contributed by atoms with E-state index in [1.54, 1.807) is 31.5 Å². The van der Waals surface area contributed by atoms with Gasteiger partial charge in [0.2, 0.25) is 5.95 Å². The SMILES string of the molecule is COc1ccc(C(=O)N2CCN(c3n[nH]c(-c4ccccc4)n3)CC2)cc1C#Cc1ccccn1. The number of anilines is 1. The summed E-state index contributed by atoms with van der Waals surface area (Å²) in [5.41, 5.74) is 2.87. The van der Waals surface area contributed by atoms with Gasteiger partial charge in [-0.1, -0.05) is 42.3 Å². The fourth-order valence-electron chi connectivity index (χ4n) is 3.92. The van der Waals surface area contributed by atoms with E-state index in [0.29, 0.717) is 54.7 Å². The van der Waals surface area contributed by atoms with Gasteiger partial charge in [-0.05, 0) is 36.3 Å². The zero-order valence-corrected chi connectivity index (χ0v) is 19.3. The standard InChI is InChI=1S/C27H24N6O2/c1-35-24-13-11-22(19-21(24)10-12-23-9-5-6-14-28-23)26(34)32-15-17-33(18-16-32)27-29-25(30-31-27)20-7-3-2-4-8-20/h2-9,11,13-14,19H,15-18H2,1H3,(H,29,30,31). The van der Waals surface area contributed by atoms with Crippen molar-refractivity contribution in [3.05, 3.63) is 89.7 Å². The van der Waals surface area contributed by atoms with Gasteiger partial charge in [0.05, 0.1) is 12.7 Å². The second kappa shape index (κ2) is 10.1. The lowest BCUT2D eigenvalue weighted by molar-refractivity contribution is 0.0746. The highest BCUT2D eigenvalue weighted by Gasteiger charge is 2.25. The minimum absolute atomic E-state index is 0.0341. The Bertz CT molecular complexity index is 1370. The molecule has 1 aliphatic rings. The molecule has 1 N–H and O–H groups in total. The van der Waals surface area contributed by atoms with Crippen molar-refractivity contribution >= 4 is 11.9 Å². The fourth-order valence-corrected chi connectivity index (χ4v) is 3.92. The van der Waals surface area contributed by atoms with E-state index < -0.39 is 0 Å². The Morgan fingerprint density at radius 3 is 2.51 bits per heavy atom. The van der Waals surface area contributed by atoms with Gasteiger partial charge in [-0.25, -0.2) is 4.98 Å². The molecule has 0 radical (unpaired) electrons. The van der Waals surface area contributed by atoms with Gasteiger partial charge in [-0.3, -0.25) is 9.89 Å². The molecule has 0 bridgehead atoms. The number of carbonyl (C=O) groups excluding carboxylic acids is 1. The van der Waals surface area contributed by atoms with Crippen molar-refractivity contribution in [2.75, 3.05) is 38.2 Å². The lowest BCUT2D eigenvalue weighted by Crippen LogP contribution is -2.49. The quantitative estimate of drug-likeness (QED) is 0.467. The third kappa shape index (κ3) is 4.99. The monoisotopic (exact) mass is 464 g/mol. The first-order valence-electron chi connectivity index (χ1n) is 11.3. The lowest BCUT2D eigenvalue weighted by Gasteiger charge is -2.34. The number of amides is 1. The molecule has 8 nitrogen and oxygen atoms in total. The molecule has 5 rings (SSSR count). The molecular formula is C27H24N6O2. The molecule has 0 spiro atoms. The van der Waals surface area contributed by atoms with E-state index >= 15 is 0 Å². The molecule has 1 aliphatic heterocycles. The van der Waals surface area contributed by atoms with E-state index in [4.69, 9.17) is 4.74 Å². The molecule has 8 heteroatoms. The zero-order valence-electron chi connectivity index (χ0n) is 19.3. The van der Waals surface area contributed by atoms with Gasteiger partial charge >= 0.3 is 0 Å². The summed E-state index contributed by atoms with van der Waals surface area (Å²) < 4.78 is 5.44. The van der Waals surface area contributed by atoms with E-state index in [1.807, 2.05) is 53.4 Å². The highest BCUT2D eigenvalue weighted by Crippen LogP contribution is 2.22. The maximum absolute atomic E-state index is 13.2. The predicted molar refractivity (Wildman–Crippen MR) is 133 cm³/mol. The van der Waals surface area contributed by atoms with Crippen molar-refractivity contribution in [2.24, 2.45) is 0 Å². The van der Waals surface area contributed by atoms with Crippen LogP contribution in [-0.4, -0.2) is 64.3 Å². The lowest BCUT2D eigenvalue weighted by atomic mass is 10.1. The summed E-state index contributed by atoms with van der Waals surface area (Å²) in [7, 11) is 1.59. The van der Waals surface area contributed by atoms with Crippen LogP contribution in [-0.2, 0) is 0 Å². The van der Waals surface area contributed by atoms with Crippen molar-refractivity contribution in [1.29, 1.82) is 0 Å². The minimum atomic E-state index is -0.0341. The molecule has 1 amide bonds. The molecule has 1 saturated heterocycles. The van der Waals surface area contributed by atoms with Crippen molar-refractivity contribution in [3.63, 3.8) is 0 Å². The van der Waals surface area contributed by atoms with E-state index in [2.05, 4.69) is 36.9 Å². The number of hydrogen-bond acceptors (Lipinski definition) is 6. The van der Waals surface area contributed by atoms with Gasteiger partial charge in [0.15, 0.2) is 5.82 Å². The number of ether oxygens (including phenoxy) is 1. The Labute approximate surface area is 203 Å². The molecule has 0 aliphatic carbocycles. The number of nitrogens with one attached hydrogen (secondary N) is 1. The molecule has 1 fully saturated rings. The van der Waals surface area contributed by atoms with Crippen molar-refractivity contribution in [3.8, 4) is 29.0 Å². The Kier molecular flexibility index (Phi) is 6.39. The highest BCUT2D eigenvalue weighted by atomic mass is 16.5. The largest absolute Gasteiger partial charge is 0.495 e. The van der Waals surface area contributed by atoms with Crippen molar-refractivity contribution in [1.82, 2.24) is 25.1 Å². The van der Waals surface area contributed by atoms with Crippen LogP contribution >= 0.6 is 0 Å². The average molecular weight is 465 g/mol. The molecule has 4 aromatic rings. The Balaban J connectivity index is 1.26. The van der Waals surface area contributed by atoms with E-state index in [0.717, 1.165) is 11.4 Å². The first-order chi connectivity index (χ1) is 17.2. The Hall–Kier alpha value is -4.64. The molecule has 0 saturated carbocycles. The number of pyridine rings is 1. The van der Waals surface area contributed by atoms with Crippen LogP contribution in [0, 0.1) is 11.8 Å². The van der Waals surface area contributed by atoms with Crippen LogP contribution in [0.3, 0.4) is 0 Å². The molecule has 35 heavy (non-hydrogen) atoms. The number of H-pyrrole nitrogens is 1. The molecule has 0 unspecified atom stereocenters. The third-order valence-corrected chi connectivity index (χ3v) is 5.81. The number of carbonyl (C=O) groups is 1. The van der Waals surface area contributed by atoms with E-state index in [1.165, 1.54) is 0 Å². The molecule has 174 valence electrons. The summed E-state index contributed by atoms with van der Waals surface area (Å²) in [6.07, 6.45) is 1.70.